The van der Waals surface area contributed by atoms with E-state index in [1.807, 2.05) is 30.6 Å². The molecule has 3 rings (SSSR count). The van der Waals surface area contributed by atoms with Gasteiger partial charge in [-0.1, -0.05) is 0 Å². The Kier molecular flexibility index (Phi) is 4.94. The Bertz CT molecular complexity index is 840. The molecule has 0 aromatic carbocycles. The van der Waals surface area contributed by atoms with E-state index in [0.717, 1.165) is 24.5 Å². The molecule has 0 radical (unpaired) electrons. The van der Waals surface area contributed by atoms with Crippen LogP contribution in [0, 0.1) is 0 Å². The molecule has 0 saturated carbocycles. The minimum absolute atomic E-state index is 0.0496. The van der Waals surface area contributed by atoms with Crippen molar-refractivity contribution in [1.29, 1.82) is 0 Å². The van der Waals surface area contributed by atoms with Crippen LogP contribution in [0.25, 0.3) is 0 Å². The lowest BCUT2D eigenvalue weighted by Gasteiger charge is -2.31. The zero-order chi connectivity index (χ0) is 18.2. The van der Waals surface area contributed by atoms with Crippen molar-refractivity contribution >= 4 is 10.0 Å². The van der Waals surface area contributed by atoms with Gasteiger partial charge in [0.15, 0.2) is 0 Å². The fourth-order valence-electron chi connectivity index (χ4n) is 3.20. The largest absolute Gasteiger partial charge is 0.317 e. The summed E-state index contributed by atoms with van der Waals surface area (Å²) >= 11 is 0. The van der Waals surface area contributed by atoms with Gasteiger partial charge >= 0.3 is 0 Å². The summed E-state index contributed by atoms with van der Waals surface area (Å²) in [6, 6.07) is 0. The summed E-state index contributed by atoms with van der Waals surface area (Å²) in [5.41, 5.74) is 0. The first-order chi connectivity index (χ1) is 11.8. The molecular formula is C15H25N7O2S. The van der Waals surface area contributed by atoms with E-state index < -0.39 is 10.0 Å². The van der Waals surface area contributed by atoms with Gasteiger partial charge in [-0.25, -0.2) is 8.42 Å². The second-order valence-corrected chi connectivity index (χ2v) is 8.76. The molecular weight excluding hydrogens is 342 g/mol. The summed E-state index contributed by atoms with van der Waals surface area (Å²) in [5.74, 6) is 1.78. The van der Waals surface area contributed by atoms with Crippen molar-refractivity contribution in [3.05, 3.63) is 24.0 Å². The highest BCUT2D eigenvalue weighted by atomic mass is 32.2. The molecule has 3 heterocycles. The number of piperidine rings is 1. The summed E-state index contributed by atoms with van der Waals surface area (Å²) in [7, 11) is 4.10. The van der Waals surface area contributed by atoms with E-state index >= 15 is 0 Å². The number of rotatable bonds is 5. The quantitative estimate of drug-likeness (QED) is 0.749. The van der Waals surface area contributed by atoms with Crippen LogP contribution in [-0.2, 0) is 30.7 Å². The molecule has 1 saturated heterocycles. The van der Waals surface area contributed by atoms with Crippen LogP contribution in [0.5, 0.6) is 0 Å². The standard InChI is InChI=1S/C15H25N7O2S/c1-19(2)11-14-17-18-15(21(14)4)12-6-5-7-22(9-12)25(23,24)13-8-16-20(3)10-13/h8,10,12H,5-7,9,11H2,1-4H3/t12-/m0/s1. The van der Waals surface area contributed by atoms with E-state index in [4.69, 9.17) is 0 Å². The minimum Gasteiger partial charge on any atom is -0.317 e. The number of aromatic nitrogens is 5. The molecule has 25 heavy (non-hydrogen) atoms. The van der Waals surface area contributed by atoms with E-state index in [-0.39, 0.29) is 10.8 Å². The summed E-state index contributed by atoms with van der Waals surface area (Å²) in [6.45, 7) is 1.65. The Morgan fingerprint density at radius 3 is 2.68 bits per heavy atom. The van der Waals surface area contributed by atoms with Crippen molar-refractivity contribution in [1.82, 2.24) is 33.8 Å². The fraction of sp³-hybridized carbons (Fsp3) is 0.667. The lowest BCUT2D eigenvalue weighted by atomic mass is 9.99. The predicted octanol–water partition coefficient (Wildman–Crippen LogP) is 0.179. The molecule has 10 heteroatoms. The normalized spacial score (nSPS) is 19.6. The zero-order valence-corrected chi connectivity index (χ0v) is 15.9. The molecule has 1 aliphatic heterocycles. The molecule has 0 N–H and O–H groups in total. The first kappa shape index (κ1) is 18.0. The summed E-state index contributed by atoms with van der Waals surface area (Å²) < 4.78 is 30.7. The first-order valence-electron chi connectivity index (χ1n) is 8.30. The van der Waals surface area contributed by atoms with Crippen molar-refractivity contribution in [3.8, 4) is 0 Å². The van der Waals surface area contributed by atoms with Crippen molar-refractivity contribution in [2.45, 2.75) is 30.2 Å². The second kappa shape index (κ2) is 6.85. The van der Waals surface area contributed by atoms with Gasteiger partial charge in [0, 0.05) is 39.3 Å². The third kappa shape index (κ3) is 3.60. The molecule has 0 bridgehead atoms. The average molecular weight is 367 g/mol. The van der Waals surface area contributed by atoms with Crippen molar-refractivity contribution in [3.63, 3.8) is 0 Å². The molecule has 0 unspecified atom stereocenters. The van der Waals surface area contributed by atoms with Gasteiger partial charge in [0.25, 0.3) is 0 Å². The maximum Gasteiger partial charge on any atom is 0.246 e. The zero-order valence-electron chi connectivity index (χ0n) is 15.1. The van der Waals surface area contributed by atoms with E-state index in [1.54, 1.807) is 11.4 Å². The van der Waals surface area contributed by atoms with E-state index in [9.17, 15) is 8.42 Å². The number of nitrogens with zero attached hydrogens (tertiary/aromatic N) is 7. The monoisotopic (exact) mass is 367 g/mol. The van der Waals surface area contributed by atoms with Gasteiger partial charge in [-0.2, -0.15) is 9.40 Å². The van der Waals surface area contributed by atoms with Crippen LogP contribution in [0.15, 0.2) is 17.3 Å². The Labute approximate surface area is 148 Å². The molecule has 1 fully saturated rings. The molecule has 0 spiro atoms. The number of sulfonamides is 1. The Hall–Kier alpha value is -1.78. The van der Waals surface area contributed by atoms with Crippen LogP contribution in [0.1, 0.15) is 30.4 Å². The first-order valence-corrected chi connectivity index (χ1v) is 9.74. The molecule has 2 aromatic heterocycles. The number of hydrogen-bond donors (Lipinski definition) is 0. The lowest BCUT2D eigenvalue weighted by molar-refractivity contribution is 0.305. The van der Waals surface area contributed by atoms with E-state index in [1.165, 1.54) is 17.1 Å². The van der Waals surface area contributed by atoms with Crippen LogP contribution < -0.4 is 0 Å². The van der Waals surface area contributed by atoms with Gasteiger partial charge in [-0.05, 0) is 26.9 Å². The minimum atomic E-state index is -3.52. The second-order valence-electron chi connectivity index (χ2n) is 6.82. The van der Waals surface area contributed by atoms with E-state index in [2.05, 4.69) is 15.3 Å². The molecule has 1 atom stereocenters. The van der Waals surface area contributed by atoms with Gasteiger partial charge in [-0.3, -0.25) is 4.68 Å². The van der Waals surface area contributed by atoms with Gasteiger partial charge in [0.05, 0.1) is 12.7 Å². The maximum atomic E-state index is 12.8. The van der Waals surface area contributed by atoms with E-state index in [0.29, 0.717) is 19.6 Å². The van der Waals surface area contributed by atoms with Crippen molar-refractivity contribution in [2.75, 3.05) is 27.2 Å². The smallest absolute Gasteiger partial charge is 0.246 e. The highest BCUT2D eigenvalue weighted by Crippen LogP contribution is 2.29. The van der Waals surface area contributed by atoms with Crippen molar-refractivity contribution in [2.24, 2.45) is 14.1 Å². The SMILES string of the molecule is CN(C)Cc1nnc([C@H]2CCCN(S(=O)(=O)c3cnn(C)c3)C2)n1C. The van der Waals surface area contributed by atoms with Gasteiger partial charge in [0.1, 0.15) is 16.5 Å². The van der Waals surface area contributed by atoms with Gasteiger partial charge in [-0.15, -0.1) is 10.2 Å². The van der Waals surface area contributed by atoms with Crippen LogP contribution in [0.2, 0.25) is 0 Å². The number of hydrogen-bond acceptors (Lipinski definition) is 6. The Morgan fingerprint density at radius 1 is 1.28 bits per heavy atom. The summed E-state index contributed by atoms with van der Waals surface area (Å²) in [6.07, 6.45) is 4.65. The highest BCUT2D eigenvalue weighted by molar-refractivity contribution is 7.89. The molecule has 2 aromatic rings. The molecule has 0 aliphatic carbocycles. The van der Waals surface area contributed by atoms with Gasteiger partial charge in [0.2, 0.25) is 10.0 Å². The fourth-order valence-corrected chi connectivity index (χ4v) is 4.71. The van der Waals surface area contributed by atoms with Crippen LogP contribution in [-0.4, -0.2) is 69.4 Å². The maximum absolute atomic E-state index is 12.8. The molecule has 0 amide bonds. The van der Waals surface area contributed by atoms with Crippen LogP contribution >= 0.6 is 0 Å². The highest BCUT2D eigenvalue weighted by Gasteiger charge is 2.33. The third-order valence-corrected chi connectivity index (χ3v) is 6.34. The molecule has 9 nitrogen and oxygen atoms in total. The summed E-state index contributed by atoms with van der Waals surface area (Å²) in [5, 5.41) is 12.6. The lowest BCUT2D eigenvalue weighted by Crippen LogP contribution is -2.39. The number of aryl methyl sites for hydroxylation is 1. The van der Waals surface area contributed by atoms with Crippen LogP contribution in [0.4, 0.5) is 0 Å². The molecule has 1 aliphatic rings. The topological polar surface area (TPSA) is 89.2 Å². The molecule has 138 valence electrons. The van der Waals surface area contributed by atoms with Crippen LogP contribution in [0.3, 0.4) is 0 Å². The van der Waals surface area contributed by atoms with Gasteiger partial charge < -0.3 is 9.47 Å². The third-order valence-electron chi connectivity index (χ3n) is 4.52. The summed E-state index contributed by atoms with van der Waals surface area (Å²) in [4.78, 5) is 2.27. The predicted molar refractivity (Wildman–Crippen MR) is 92.3 cm³/mol. The Balaban J connectivity index is 1.81. The Morgan fingerprint density at radius 2 is 2.04 bits per heavy atom. The van der Waals surface area contributed by atoms with Crippen molar-refractivity contribution < 1.29 is 8.42 Å². The average Bonchev–Trinajstić information content (AvgIpc) is 3.14.